The molecule has 0 radical (unpaired) electrons. The van der Waals surface area contributed by atoms with Crippen molar-refractivity contribution in [1.29, 1.82) is 0 Å². The summed E-state index contributed by atoms with van der Waals surface area (Å²) in [6.45, 7) is 3.23. The summed E-state index contributed by atoms with van der Waals surface area (Å²) < 4.78 is 0. The Labute approximate surface area is 141 Å². The quantitative estimate of drug-likeness (QED) is 0.758. The molecule has 122 valence electrons. The van der Waals surface area contributed by atoms with Gasteiger partial charge in [-0.05, 0) is 24.1 Å². The van der Waals surface area contributed by atoms with E-state index in [9.17, 15) is 4.79 Å². The summed E-state index contributed by atoms with van der Waals surface area (Å²) in [6.07, 6.45) is 1.85. The molecule has 0 aliphatic rings. The zero-order chi connectivity index (χ0) is 16.9. The monoisotopic (exact) mass is 320 g/mol. The molecule has 24 heavy (non-hydrogen) atoms. The van der Waals surface area contributed by atoms with Crippen molar-refractivity contribution in [2.24, 2.45) is 5.73 Å². The van der Waals surface area contributed by atoms with Gasteiger partial charge in [-0.2, -0.15) is 0 Å². The topological polar surface area (TPSA) is 72.1 Å². The molecule has 2 N–H and O–H groups in total. The number of carbonyl (C=O) groups excluding carboxylic acids is 1. The normalized spacial score (nSPS) is 10.7. The van der Waals surface area contributed by atoms with Crippen molar-refractivity contribution in [1.82, 2.24) is 9.97 Å². The van der Waals surface area contributed by atoms with Gasteiger partial charge in [-0.15, -0.1) is 0 Å². The molecule has 0 saturated heterocycles. The maximum atomic E-state index is 11.3. The molecule has 5 heteroatoms. The summed E-state index contributed by atoms with van der Waals surface area (Å²) in [5.41, 5.74) is 8.52. The van der Waals surface area contributed by atoms with Crippen LogP contribution in [0.3, 0.4) is 0 Å². The summed E-state index contributed by atoms with van der Waals surface area (Å²) in [5, 5.41) is 1.01. The minimum Gasteiger partial charge on any atom is -0.370 e. The summed E-state index contributed by atoms with van der Waals surface area (Å²) in [7, 11) is 0. The van der Waals surface area contributed by atoms with Gasteiger partial charge in [0.15, 0.2) is 0 Å². The smallest absolute Gasteiger partial charge is 0.219 e. The van der Waals surface area contributed by atoms with E-state index in [2.05, 4.69) is 27.0 Å². The van der Waals surface area contributed by atoms with Crippen LogP contribution in [-0.4, -0.2) is 22.4 Å². The van der Waals surface area contributed by atoms with Crippen molar-refractivity contribution in [3.63, 3.8) is 0 Å². The first-order chi connectivity index (χ1) is 11.6. The average Bonchev–Trinajstić information content (AvgIpc) is 2.59. The second-order valence-electron chi connectivity index (χ2n) is 5.79. The van der Waals surface area contributed by atoms with Crippen LogP contribution in [0.4, 0.5) is 5.82 Å². The van der Waals surface area contributed by atoms with E-state index in [1.165, 1.54) is 0 Å². The van der Waals surface area contributed by atoms with Crippen LogP contribution in [0, 0.1) is 6.92 Å². The Morgan fingerprint density at radius 2 is 1.88 bits per heavy atom. The largest absolute Gasteiger partial charge is 0.370 e. The lowest BCUT2D eigenvalue weighted by Crippen LogP contribution is -2.28. The number of anilines is 1. The van der Waals surface area contributed by atoms with Crippen molar-refractivity contribution in [3.8, 4) is 0 Å². The first kappa shape index (κ1) is 15.9. The predicted octanol–water partition coefficient (Wildman–Crippen LogP) is 2.82. The number of amides is 1. The van der Waals surface area contributed by atoms with Crippen LogP contribution in [0.25, 0.3) is 10.9 Å². The third kappa shape index (κ3) is 3.51. The van der Waals surface area contributed by atoms with E-state index in [4.69, 9.17) is 5.73 Å². The summed E-state index contributed by atoms with van der Waals surface area (Å²) in [4.78, 5) is 22.2. The predicted molar refractivity (Wildman–Crippen MR) is 95.6 cm³/mol. The van der Waals surface area contributed by atoms with E-state index in [0.717, 1.165) is 27.8 Å². The number of rotatable bonds is 6. The molecule has 3 rings (SSSR count). The van der Waals surface area contributed by atoms with Gasteiger partial charge in [0.2, 0.25) is 5.91 Å². The first-order valence-electron chi connectivity index (χ1n) is 7.92. The van der Waals surface area contributed by atoms with E-state index in [1.54, 1.807) is 6.33 Å². The van der Waals surface area contributed by atoms with Crippen molar-refractivity contribution < 1.29 is 4.79 Å². The maximum absolute atomic E-state index is 11.3. The number of benzene rings is 2. The Morgan fingerprint density at radius 1 is 1.08 bits per heavy atom. The van der Waals surface area contributed by atoms with Crippen LogP contribution < -0.4 is 10.6 Å². The molecule has 1 heterocycles. The van der Waals surface area contributed by atoms with Gasteiger partial charge < -0.3 is 10.6 Å². The highest BCUT2D eigenvalue weighted by Crippen LogP contribution is 2.27. The number of fused-ring (bicyclic) bond motifs is 1. The lowest BCUT2D eigenvalue weighted by atomic mass is 10.1. The first-order valence-corrected chi connectivity index (χ1v) is 7.92. The number of hydrogen-bond donors (Lipinski definition) is 1. The fraction of sp³-hybridized carbons (Fsp3) is 0.211. The molecular weight excluding hydrogens is 300 g/mol. The molecule has 0 unspecified atom stereocenters. The van der Waals surface area contributed by atoms with Crippen molar-refractivity contribution in [3.05, 3.63) is 66.0 Å². The van der Waals surface area contributed by atoms with Crippen LogP contribution in [0.5, 0.6) is 0 Å². The molecule has 3 aromatic rings. The van der Waals surface area contributed by atoms with Gasteiger partial charge in [0.1, 0.15) is 12.1 Å². The molecule has 0 bridgehead atoms. The highest BCUT2D eigenvalue weighted by molar-refractivity contribution is 5.92. The number of aromatic nitrogens is 2. The Balaban J connectivity index is 2.03. The second kappa shape index (κ2) is 7.08. The molecule has 0 atom stereocenters. The van der Waals surface area contributed by atoms with Crippen molar-refractivity contribution in [2.45, 2.75) is 19.9 Å². The van der Waals surface area contributed by atoms with Crippen LogP contribution in [0.15, 0.2) is 54.9 Å². The van der Waals surface area contributed by atoms with E-state index >= 15 is 0 Å². The minimum absolute atomic E-state index is 0.282. The second-order valence-corrected chi connectivity index (χ2v) is 5.79. The minimum atomic E-state index is -0.317. The number of hydrogen-bond acceptors (Lipinski definition) is 4. The van der Waals surface area contributed by atoms with Crippen molar-refractivity contribution >= 4 is 22.6 Å². The SMILES string of the molecule is Cc1cccc2ncnc(N(CCC(N)=O)Cc3ccccc3)c12. The average molecular weight is 320 g/mol. The van der Waals surface area contributed by atoms with Gasteiger partial charge in [0.05, 0.1) is 5.52 Å². The fourth-order valence-electron chi connectivity index (χ4n) is 2.81. The zero-order valence-electron chi connectivity index (χ0n) is 13.6. The highest BCUT2D eigenvalue weighted by Gasteiger charge is 2.15. The van der Waals surface area contributed by atoms with E-state index in [0.29, 0.717) is 13.1 Å². The number of primary amides is 1. The van der Waals surface area contributed by atoms with E-state index < -0.39 is 0 Å². The van der Waals surface area contributed by atoms with Crippen LogP contribution in [0.1, 0.15) is 17.5 Å². The summed E-state index contributed by atoms with van der Waals surface area (Å²) in [5.74, 6) is 0.520. The number of aryl methyl sites for hydroxylation is 1. The van der Waals surface area contributed by atoms with Crippen molar-refractivity contribution in [2.75, 3.05) is 11.4 Å². The van der Waals surface area contributed by atoms with E-state index in [1.807, 2.05) is 43.3 Å². The Hall–Kier alpha value is -2.95. The third-order valence-electron chi connectivity index (χ3n) is 4.00. The van der Waals surface area contributed by atoms with Gasteiger partial charge in [0.25, 0.3) is 0 Å². The lowest BCUT2D eigenvalue weighted by molar-refractivity contribution is -0.117. The van der Waals surface area contributed by atoms with E-state index in [-0.39, 0.29) is 12.3 Å². The van der Waals surface area contributed by atoms with Gasteiger partial charge in [-0.3, -0.25) is 4.79 Å². The fourth-order valence-corrected chi connectivity index (χ4v) is 2.81. The summed E-state index contributed by atoms with van der Waals surface area (Å²) >= 11 is 0. The number of nitrogens with zero attached hydrogens (tertiary/aromatic N) is 3. The van der Waals surface area contributed by atoms with Gasteiger partial charge in [0, 0.05) is 24.9 Å². The molecule has 0 saturated carbocycles. The summed E-state index contributed by atoms with van der Waals surface area (Å²) in [6, 6.07) is 16.1. The molecule has 1 aromatic heterocycles. The molecule has 0 aliphatic heterocycles. The number of nitrogens with two attached hydrogens (primary N) is 1. The molecular formula is C19H20N4O. The third-order valence-corrected chi connectivity index (χ3v) is 4.00. The highest BCUT2D eigenvalue weighted by atomic mass is 16.1. The Kier molecular flexibility index (Phi) is 4.70. The van der Waals surface area contributed by atoms with Crippen LogP contribution in [0.2, 0.25) is 0 Å². The maximum Gasteiger partial charge on any atom is 0.219 e. The number of carbonyl (C=O) groups is 1. The van der Waals surface area contributed by atoms with Gasteiger partial charge in [-0.25, -0.2) is 9.97 Å². The molecule has 0 fully saturated rings. The molecule has 0 aliphatic carbocycles. The molecule has 1 amide bonds. The van der Waals surface area contributed by atoms with Gasteiger partial charge >= 0.3 is 0 Å². The van der Waals surface area contributed by atoms with Gasteiger partial charge in [-0.1, -0.05) is 42.5 Å². The van der Waals surface area contributed by atoms with Crippen LogP contribution >= 0.6 is 0 Å². The van der Waals surface area contributed by atoms with Crippen LogP contribution in [-0.2, 0) is 11.3 Å². The molecule has 2 aromatic carbocycles. The lowest BCUT2D eigenvalue weighted by Gasteiger charge is -2.25. The standard InChI is InChI=1S/C19H20N4O/c1-14-6-5-9-16-18(14)19(22-13-21-16)23(11-10-17(20)24)12-15-7-3-2-4-8-15/h2-9,13H,10-12H2,1H3,(H2,20,24). The molecule has 5 nitrogen and oxygen atoms in total. The zero-order valence-corrected chi connectivity index (χ0v) is 13.6. The Morgan fingerprint density at radius 3 is 2.62 bits per heavy atom. The molecule has 0 spiro atoms. The Bertz CT molecular complexity index is 843.